The Balaban J connectivity index is 2.11. The SMILES string of the molecule is Nc1cc(CC2CCNC2)[nH]c(=O)n1. The van der Waals surface area contributed by atoms with Gasteiger partial charge in [-0.05, 0) is 37.9 Å². The van der Waals surface area contributed by atoms with E-state index in [9.17, 15) is 4.79 Å². The number of H-pyrrole nitrogens is 1. The molecule has 1 aromatic heterocycles. The Labute approximate surface area is 81.7 Å². The summed E-state index contributed by atoms with van der Waals surface area (Å²) in [6.07, 6.45) is 2.03. The fourth-order valence-electron chi connectivity index (χ4n) is 1.84. The number of hydrogen-bond donors (Lipinski definition) is 3. The highest BCUT2D eigenvalue weighted by atomic mass is 16.1. The molecule has 2 heterocycles. The summed E-state index contributed by atoms with van der Waals surface area (Å²) in [5.74, 6) is 0.905. The average Bonchev–Trinajstić information content (AvgIpc) is 2.54. The molecule has 0 spiro atoms. The number of hydrogen-bond acceptors (Lipinski definition) is 4. The van der Waals surface area contributed by atoms with Gasteiger partial charge in [0.1, 0.15) is 5.82 Å². The lowest BCUT2D eigenvalue weighted by Gasteiger charge is -2.07. The van der Waals surface area contributed by atoms with Crippen molar-refractivity contribution in [2.24, 2.45) is 5.92 Å². The summed E-state index contributed by atoms with van der Waals surface area (Å²) in [5.41, 5.74) is 6.02. The average molecular weight is 194 g/mol. The van der Waals surface area contributed by atoms with E-state index in [-0.39, 0.29) is 5.69 Å². The van der Waals surface area contributed by atoms with Gasteiger partial charge in [0, 0.05) is 5.69 Å². The molecule has 0 amide bonds. The maximum atomic E-state index is 11.0. The first-order chi connectivity index (χ1) is 6.74. The lowest BCUT2D eigenvalue weighted by atomic mass is 10.0. The van der Waals surface area contributed by atoms with E-state index in [1.165, 1.54) is 0 Å². The zero-order valence-electron chi connectivity index (χ0n) is 7.92. The maximum Gasteiger partial charge on any atom is 0.347 e. The first-order valence-corrected chi connectivity index (χ1v) is 4.80. The maximum absolute atomic E-state index is 11.0. The Kier molecular flexibility index (Phi) is 2.49. The van der Waals surface area contributed by atoms with Crippen LogP contribution in [0.2, 0.25) is 0 Å². The van der Waals surface area contributed by atoms with Crippen LogP contribution in [0.25, 0.3) is 0 Å². The molecule has 4 N–H and O–H groups in total. The van der Waals surface area contributed by atoms with Gasteiger partial charge in [-0.1, -0.05) is 0 Å². The van der Waals surface area contributed by atoms with Crippen molar-refractivity contribution in [3.05, 3.63) is 22.2 Å². The van der Waals surface area contributed by atoms with E-state index >= 15 is 0 Å². The van der Waals surface area contributed by atoms with Crippen molar-refractivity contribution >= 4 is 5.82 Å². The van der Waals surface area contributed by atoms with Gasteiger partial charge in [0.2, 0.25) is 0 Å². The molecule has 0 bridgehead atoms. The van der Waals surface area contributed by atoms with Crippen LogP contribution in [0, 0.1) is 5.92 Å². The largest absolute Gasteiger partial charge is 0.383 e. The summed E-state index contributed by atoms with van der Waals surface area (Å²) in [5, 5.41) is 3.28. The number of anilines is 1. The van der Waals surface area contributed by atoms with Crippen LogP contribution < -0.4 is 16.7 Å². The molecule has 2 rings (SSSR count). The van der Waals surface area contributed by atoms with Crippen molar-refractivity contribution in [1.82, 2.24) is 15.3 Å². The molecular formula is C9H14N4O. The lowest BCUT2D eigenvalue weighted by molar-refractivity contribution is 0.570. The fraction of sp³-hybridized carbons (Fsp3) is 0.556. The van der Waals surface area contributed by atoms with Gasteiger partial charge in [-0.3, -0.25) is 0 Å². The number of aromatic nitrogens is 2. The van der Waals surface area contributed by atoms with Crippen LogP contribution in [0.5, 0.6) is 0 Å². The summed E-state index contributed by atoms with van der Waals surface area (Å²) >= 11 is 0. The van der Waals surface area contributed by atoms with Gasteiger partial charge in [-0.2, -0.15) is 4.98 Å². The second-order valence-corrected chi connectivity index (χ2v) is 3.70. The Bertz CT molecular complexity index is 367. The minimum atomic E-state index is -0.356. The molecule has 0 aliphatic carbocycles. The van der Waals surface area contributed by atoms with Gasteiger partial charge in [-0.15, -0.1) is 0 Å². The third kappa shape index (κ3) is 2.11. The van der Waals surface area contributed by atoms with Crippen LogP contribution in [0.4, 0.5) is 5.82 Å². The van der Waals surface area contributed by atoms with Crippen molar-refractivity contribution in [2.75, 3.05) is 18.8 Å². The number of nitrogens with zero attached hydrogens (tertiary/aromatic N) is 1. The van der Waals surface area contributed by atoms with Crippen LogP contribution in [0.15, 0.2) is 10.9 Å². The molecule has 5 heteroatoms. The molecule has 1 unspecified atom stereocenters. The Morgan fingerprint density at radius 2 is 2.50 bits per heavy atom. The molecule has 1 aromatic rings. The van der Waals surface area contributed by atoms with Crippen molar-refractivity contribution in [2.45, 2.75) is 12.8 Å². The highest BCUT2D eigenvalue weighted by Crippen LogP contribution is 2.13. The van der Waals surface area contributed by atoms with E-state index in [0.717, 1.165) is 31.6 Å². The fourth-order valence-corrected chi connectivity index (χ4v) is 1.84. The summed E-state index contributed by atoms with van der Waals surface area (Å²) in [6.45, 7) is 2.08. The number of nitrogen functional groups attached to an aromatic ring is 1. The molecule has 1 aliphatic heterocycles. The lowest BCUT2D eigenvalue weighted by Crippen LogP contribution is -2.17. The minimum absolute atomic E-state index is 0.301. The summed E-state index contributed by atoms with van der Waals surface area (Å²) in [4.78, 5) is 17.3. The van der Waals surface area contributed by atoms with E-state index in [1.54, 1.807) is 6.07 Å². The number of nitrogens with two attached hydrogens (primary N) is 1. The highest BCUT2D eigenvalue weighted by molar-refractivity contribution is 5.28. The zero-order chi connectivity index (χ0) is 9.97. The minimum Gasteiger partial charge on any atom is -0.383 e. The molecule has 0 saturated carbocycles. The molecule has 1 saturated heterocycles. The second kappa shape index (κ2) is 3.79. The molecule has 0 aromatic carbocycles. The molecule has 0 radical (unpaired) electrons. The van der Waals surface area contributed by atoms with Gasteiger partial charge in [-0.25, -0.2) is 4.79 Å². The van der Waals surface area contributed by atoms with Crippen LogP contribution in [0.3, 0.4) is 0 Å². The summed E-state index contributed by atoms with van der Waals surface area (Å²) in [7, 11) is 0. The topological polar surface area (TPSA) is 83.8 Å². The predicted octanol–water partition coefficient (Wildman–Crippen LogP) is -0.496. The molecule has 76 valence electrons. The third-order valence-electron chi connectivity index (χ3n) is 2.49. The van der Waals surface area contributed by atoms with Gasteiger partial charge >= 0.3 is 5.69 Å². The van der Waals surface area contributed by atoms with Crippen molar-refractivity contribution < 1.29 is 0 Å². The van der Waals surface area contributed by atoms with Crippen molar-refractivity contribution in [3.8, 4) is 0 Å². The molecule has 5 nitrogen and oxygen atoms in total. The zero-order valence-corrected chi connectivity index (χ0v) is 7.92. The van der Waals surface area contributed by atoms with Gasteiger partial charge < -0.3 is 16.0 Å². The van der Waals surface area contributed by atoms with Crippen molar-refractivity contribution in [1.29, 1.82) is 0 Å². The number of aromatic amines is 1. The quantitative estimate of drug-likeness (QED) is 0.593. The van der Waals surface area contributed by atoms with Crippen LogP contribution >= 0.6 is 0 Å². The monoisotopic (exact) mass is 194 g/mol. The van der Waals surface area contributed by atoms with E-state index in [2.05, 4.69) is 15.3 Å². The van der Waals surface area contributed by atoms with Crippen LogP contribution in [0.1, 0.15) is 12.1 Å². The van der Waals surface area contributed by atoms with Crippen LogP contribution in [-0.2, 0) is 6.42 Å². The third-order valence-corrected chi connectivity index (χ3v) is 2.49. The Morgan fingerprint density at radius 1 is 1.64 bits per heavy atom. The molecule has 1 atom stereocenters. The van der Waals surface area contributed by atoms with Gasteiger partial charge in [0.05, 0.1) is 0 Å². The highest BCUT2D eigenvalue weighted by Gasteiger charge is 2.15. The second-order valence-electron chi connectivity index (χ2n) is 3.70. The first-order valence-electron chi connectivity index (χ1n) is 4.80. The van der Waals surface area contributed by atoms with Crippen LogP contribution in [-0.4, -0.2) is 23.1 Å². The molecular weight excluding hydrogens is 180 g/mol. The standard InChI is InChI=1S/C9H14N4O/c10-8-4-7(12-9(14)13-8)3-6-1-2-11-5-6/h4,6,11H,1-3,5H2,(H3,10,12,13,14). The summed E-state index contributed by atoms with van der Waals surface area (Å²) < 4.78 is 0. The molecule has 14 heavy (non-hydrogen) atoms. The summed E-state index contributed by atoms with van der Waals surface area (Å²) in [6, 6.07) is 1.74. The normalized spacial score (nSPS) is 21.3. The molecule has 1 fully saturated rings. The smallest absolute Gasteiger partial charge is 0.347 e. The van der Waals surface area contributed by atoms with E-state index in [4.69, 9.17) is 5.73 Å². The van der Waals surface area contributed by atoms with E-state index in [0.29, 0.717) is 11.7 Å². The van der Waals surface area contributed by atoms with Gasteiger partial charge in [0.25, 0.3) is 0 Å². The predicted molar refractivity (Wildman–Crippen MR) is 54.0 cm³/mol. The van der Waals surface area contributed by atoms with Crippen molar-refractivity contribution in [3.63, 3.8) is 0 Å². The Hall–Kier alpha value is -1.36. The number of nitrogens with one attached hydrogen (secondary N) is 2. The Morgan fingerprint density at radius 3 is 3.14 bits per heavy atom. The number of rotatable bonds is 2. The van der Waals surface area contributed by atoms with E-state index in [1.807, 2.05) is 0 Å². The van der Waals surface area contributed by atoms with Gasteiger partial charge in [0.15, 0.2) is 0 Å². The first kappa shape index (κ1) is 9.21. The van der Waals surface area contributed by atoms with E-state index < -0.39 is 0 Å². The molecule has 1 aliphatic rings.